The van der Waals surface area contributed by atoms with E-state index in [1.54, 1.807) is 6.07 Å². The lowest BCUT2D eigenvalue weighted by Gasteiger charge is -2.11. The Morgan fingerprint density at radius 1 is 1.08 bits per heavy atom. The lowest BCUT2D eigenvalue weighted by Crippen LogP contribution is -2.03. The first-order chi connectivity index (χ1) is 12.6. The van der Waals surface area contributed by atoms with Crippen molar-refractivity contribution in [2.75, 3.05) is 5.32 Å². The van der Waals surface area contributed by atoms with E-state index in [-0.39, 0.29) is 12.2 Å². The number of hydrogen-bond acceptors (Lipinski definition) is 5. The van der Waals surface area contributed by atoms with Crippen LogP contribution in [-0.2, 0) is 11.3 Å². The molecule has 0 radical (unpaired) electrons. The van der Waals surface area contributed by atoms with Crippen molar-refractivity contribution in [3.8, 4) is 0 Å². The number of furan rings is 1. The van der Waals surface area contributed by atoms with Crippen LogP contribution < -0.4 is 10.9 Å². The number of ether oxygens (including phenoxy) is 1. The van der Waals surface area contributed by atoms with Crippen LogP contribution in [0.25, 0.3) is 21.9 Å². The van der Waals surface area contributed by atoms with Crippen molar-refractivity contribution in [3.05, 3.63) is 88.8 Å². The molecule has 26 heavy (non-hydrogen) atoms. The zero-order valence-corrected chi connectivity index (χ0v) is 14.2. The van der Waals surface area contributed by atoms with E-state index in [0.717, 1.165) is 27.6 Å². The van der Waals surface area contributed by atoms with Crippen molar-refractivity contribution in [2.24, 2.45) is 0 Å². The highest BCUT2D eigenvalue weighted by molar-refractivity contribution is 5.83. The van der Waals surface area contributed by atoms with Gasteiger partial charge in [0.25, 0.3) is 0 Å². The zero-order valence-electron chi connectivity index (χ0n) is 14.2. The highest BCUT2D eigenvalue weighted by Gasteiger charge is 2.07. The number of rotatable bonds is 5. The third kappa shape index (κ3) is 3.19. The molecule has 0 aliphatic heterocycles. The van der Waals surface area contributed by atoms with Gasteiger partial charge in [-0.15, -0.1) is 0 Å². The van der Waals surface area contributed by atoms with Crippen molar-refractivity contribution in [1.82, 2.24) is 0 Å². The topological polar surface area (TPSA) is 64.6 Å². The molecule has 0 spiro atoms. The van der Waals surface area contributed by atoms with Crippen molar-refractivity contribution in [1.29, 1.82) is 0 Å². The Labute approximate surface area is 149 Å². The molecule has 0 atom stereocenters. The molecule has 1 N–H and O–H groups in total. The highest BCUT2D eigenvalue weighted by Crippen LogP contribution is 2.23. The second kappa shape index (κ2) is 6.44. The first-order valence-electron chi connectivity index (χ1n) is 8.19. The molecule has 0 bridgehead atoms. The number of hydrogen-bond donors (Lipinski definition) is 1. The molecule has 5 heteroatoms. The van der Waals surface area contributed by atoms with E-state index in [4.69, 9.17) is 13.6 Å². The van der Waals surface area contributed by atoms with Crippen LogP contribution in [0, 0.1) is 6.92 Å². The molecule has 2 aromatic carbocycles. The molecule has 0 unspecified atom stereocenters. The maximum Gasteiger partial charge on any atom is 0.336 e. The van der Waals surface area contributed by atoms with E-state index in [2.05, 4.69) is 11.9 Å². The molecular weight excluding hydrogens is 330 g/mol. The number of fused-ring (bicyclic) bond motifs is 2. The fourth-order valence-corrected chi connectivity index (χ4v) is 2.87. The van der Waals surface area contributed by atoms with Crippen LogP contribution in [0.1, 0.15) is 11.3 Å². The third-order valence-electron chi connectivity index (χ3n) is 4.10. The van der Waals surface area contributed by atoms with Gasteiger partial charge in [-0.05, 0) is 43.3 Å². The van der Waals surface area contributed by atoms with Crippen LogP contribution in [0.4, 0.5) is 5.69 Å². The van der Waals surface area contributed by atoms with Crippen LogP contribution >= 0.6 is 0 Å². The summed E-state index contributed by atoms with van der Waals surface area (Å²) in [5.74, 6) is 1.09. The normalized spacial score (nSPS) is 11.0. The fraction of sp³-hybridized carbons (Fsp3) is 0.0952. The predicted octanol–water partition coefficient (Wildman–Crippen LogP) is 4.95. The Bertz CT molecular complexity index is 1140. The summed E-state index contributed by atoms with van der Waals surface area (Å²) in [4.78, 5) is 11.5. The molecule has 0 saturated heterocycles. The molecule has 130 valence electrons. The second-order valence-electron chi connectivity index (χ2n) is 6.05. The molecule has 2 heterocycles. The summed E-state index contributed by atoms with van der Waals surface area (Å²) in [5.41, 5.74) is 2.57. The molecule has 4 rings (SSSR count). The van der Waals surface area contributed by atoms with Gasteiger partial charge in [0.1, 0.15) is 23.5 Å². The standard InChI is InChI=1S/C21H17NO4/c1-13-9-21(23)26-20-11-16(7-8-18(13)20)22-14(2)24-12-17-10-15-5-3-4-6-19(15)25-17/h3-11,22H,2,12H2,1H3. The van der Waals surface area contributed by atoms with Gasteiger partial charge in [0.05, 0.1) is 0 Å². The number of benzene rings is 2. The van der Waals surface area contributed by atoms with E-state index < -0.39 is 0 Å². The van der Waals surface area contributed by atoms with Gasteiger partial charge in [-0.25, -0.2) is 4.79 Å². The number of aryl methyl sites for hydroxylation is 1. The summed E-state index contributed by atoms with van der Waals surface area (Å²) in [5, 5.41) is 4.98. The molecule has 0 fully saturated rings. The van der Waals surface area contributed by atoms with E-state index in [9.17, 15) is 4.79 Å². The maximum atomic E-state index is 11.5. The van der Waals surface area contributed by atoms with Crippen molar-refractivity contribution < 1.29 is 13.6 Å². The smallest absolute Gasteiger partial charge is 0.336 e. The van der Waals surface area contributed by atoms with E-state index in [1.807, 2.05) is 49.4 Å². The molecule has 2 aromatic heterocycles. The zero-order chi connectivity index (χ0) is 18.1. The van der Waals surface area contributed by atoms with Gasteiger partial charge in [0, 0.05) is 28.6 Å². The lowest BCUT2D eigenvalue weighted by molar-refractivity contribution is 0.185. The maximum absolute atomic E-state index is 11.5. The van der Waals surface area contributed by atoms with Crippen LogP contribution in [0.3, 0.4) is 0 Å². The van der Waals surface area contributed by atoms with Crippen LogP contribution in [0.15, 0.2) is 80.7 Å². The summed E-state index contributed by atoms with van der Waals surface area (Å²) in [6.45, 7) is 6.01. The minimum atomic E-state index is -0.368. The van der Waals surface area contributed by atoms with Gasteiger partial charge >= 0.3 is 5.63 Å². The average molecular weight is 347 g/mol. The van der Waals surface area contributed by atoms with E-state index in [0.29, 0.717) is 17.2 Å². The molecule has 4 aromatic rings. The van der Waals surface area contributed by atoms with Gasteiger partial charge in [-0.1, -0.05) is 18.2 Å². The van der Waals surface area contributed by atoms with Crippen LogP contribution in [-0.4, -0.2) is 0 Å². The monoisotopic (exact) mass is 347 g/mol. The van der Waals surface area contributed by atoms with E-state index >= 15 is 0 Å². The van der Waals surface area contributed by atoms with Crippen molar-refractivity contribution in [2.45, 2.75) is 13.5 Å². The second-order valence-corrected chi connectivity index (χ2v) is 6.05. The number of anilines is 1. The fourth-order valence-electron chi connectivity index (χ4n) is 2.87. The average Bonchev–Trinajstić information content (AvgIpc) is 3.02. The molecule has 0 aliphatic rings. The quantitative estimate of drug-likeness (QED) is 0.409. The Hall–Kier alpha value is -3.47. The lowest BCUT2D eigenvalue weighted by atomic mass is 10.1. The Balaban J connectivity index is 1.46. The summed E-state index contributed by atoms with van der Waals surface area (Å²) >= 11 is 0. The molecule has 0 aliphatic carbocycles. The summed E-state index contributed by atoms with van der Waals surface area (Å²) in [6.07, 6.45) is 0. The van der Waals surface area contributed by atoms with Gasteiger partial charge in [-0.3, -0.25) is 0 Å². The first kappa shape index (κ1) is 16.0. The summed E-state index contributed by atoms with van der Waals surface area (Å²) < 4.78 is 16.6. The number of para-hydroxylation sites is 1. The van der Waals surface area contributed by atoms with Gasteiger partial charge in [0.2, 0.25) is 0 Å². The third-order valence-corrected chi connectivity index (χ3v) is 4.10. The van der Waals surface area contributed by atoms with Gasteiger partial charge in [0.15, 0.2) is 5.88 Å². The predicted molar refractivity (Wildman–Crippen MR) is 101 cm³/mol. The minimum Gasteiger partial charge on any atom is -0.471 e. The Morgan fingerprint density at radius 3 is 2.77 bits per heavy atom. The SMILES string of the molecule is C=C(Nc1ccc2c(C)cc(=O)oc2c1)OCc1cc2ccccc2o1. The Kier molecular flexibility index (Phi) is 3.97. The number of nitrogens with one attached hydrogen (secondary N) is 1. The largest absolute Gasteiger partial charge is 0.471 e. The summed E-state index contributed by atoms with van der Waals surface area (Å²) in [7, 11) is 0. The Morgan fingerprint density at radius 2 is 1.92 bits per heavy atom. The minimum absolute atomic E-state index is 0.266. The van der Waals surface area contributed by atoms with E-state index in [1.165, 1.54) is 6.07 Å². The first-order valence-corrected chi connectivity index (χ1v) is 8.19. The molecule has 5 nitrogen and oxygen atoms in total. The van der Waals surface area contributed by atoms with Crippen molar-refractivity contribution >= 4 is 27.6 Å². The van der Waals surface area contributed by atoms with Crippen LogP contribution in [0.5, 0.6) is 0 Å². The summed E-state index contributed by atoms with van der Waals surface area (Å²) in [6, 6.07) is 16.7. The highest BCUT2D eigenvalue weighted by atomic mass is 16.5. The van der Waals surface area contributed by atoms with Crippen molar-refractivity contribution in [3.63, 3.8) is 0 Å². The molecule has 0 saturated carbocycles. The van der Waals surface area contributed by atoms with Crippen LogP contribution in [0.2, 0.25) is 0 Å². The molecule has 0 amide bonds. The molecular formula is C21H17NO4. The van der Waals surface area contributed by atoms with Gasteiger partial charge < -0.3 is 18.9 Å². The van der Waals surface area contributed by atoms with Gasteiger partial charge in [-0.2, -0.15) is 0 Å².